The molecule has 3 aromatic heterocycles. The number of carbonyl (C=O) groups is 2. The van der Waals surface area contributed by atoms with Crippen molar-refractivity contribution < 1.29 is 14.3 Å². The van der Waals surface area contributed by atoms with Crippen molar-refractivity contribution in [3.63, 3.8) is 0 Å². The average Bonchev–Trinajstić information content (AvgIpc) is 3.59. The third-order valence-corrected chi connectivity index (χ3v) is 6.52. The van der Waals surface area contributed by atoms with Crippen LogP contribution < -0.4 is 11.1 Å². The van der Waals surface area contributed by atoms with Crippen LogP contribution in [0.5, 0.6) is 0 Å². The maximum absolute atomic E-state index is 12.9. The molecule has 0 radical (unpaired) electrons. The Balaban J connectivity index is 1.45. The summed E-state index contributed by atoms with van der Waals surface area (Å²) in [6, 6.07) is 11.8. The number of likely N-dealkylation sites (tertiary alicyclic amines) is 1. The summed E-state index contributed by atoms with van der Waals surface area (Å²) in [7, 11) is 1.58. The van der Waals surface area contributed by atoms with Gasteiger partial charge in [-0.2, -0.15) is 5.26 Å². The fourth-order valence-electron chi connectivity index (χ4n) is 4.70. The molecule has 0 spiro atoms. The van der Waals surface area contributed by atoms with Gasteiger partial charge >= 0.3 is 0 Å². The molecule has 1 aliphatic heterocycles. The Bertz CT molecular complexity index is 1600. The van der Waals surface area contributed by atoms with E-state index in [1.54, 1.807) is 55.9 Å². The van der Waals surface area contributed by atoms with Crippen LogP contribution in [0.3, 0.4) is 0 Å². The van der Waals surface area contributed by atoms with E-state index in [0.29, 0.717) is 52.9 Å². The lowest BCUT2D eigenvalue weighted by Gasteiger charge is -2.22. The summed E-state index contributed by atoms with van der Waals surface area (Å²) in [4.78, 5) is 40.8. The molecular formula is C28H26N8O3. The van der Waals surface area contributed by atoms with Crippen LogP contribution in [0.4, 0.5) is 11.6 Å². The first-order chi connectivity index (χ1) is 19.0. The van der Waals surface area contributed by atoms with Gasteiger partial charge in [0.15, 0.2) is 0 Å². The molecule has 1 saturated heterocycles. The molecule has 1 aliphatic rings. The molecule has 5 rings (SSSR count). The number of anilines is 2. The minimum atomic E-state index is -0.359. The van der Waals surface area contributed by atoms with Gasteiger partial charge in [-0.3, -0.25) is 14.0 Å². The van der Waals surface area contributed by atoms with Crippen molar-refractivity contribution in [3.8, 4) is 17.3 Å². The van der Waals surface area contributed by atoms with Crippen LogP contribution >= 0.6 is 0 Å². The average molecular weight is 523 g/mol. The number of ether oxygens (including phenoxy) is 1. The molecule has 0 unspecified atom stereocenters. The lowest BCUT2D eigenvalue weighted by molar-refractivity contribution is -0.127. The first-order valence-electron chi connectivity index (χ1n) is 12.4. The van der Waals surface area contributed by atoms with Gasteiger partial charge in [-0.1, -0.05) is 18.2 Å². The number of nitrogen functional groups attached to an aromatic ring is 1. The van der Waals surface area contributed by atoms with E-state index < -0.39 is 0 Å². The Hall–Kier alpha value is -5.08. The molecule has 1 aromatic carbocycles. The van der Waals surface area contributed by atoms with E-state index in [0.717, 1.165) is 18.4 Å². The van der Waals surface area contributed by atoms with Crippen LogP contribution in [0.1, 0.15) is 40.6 Å². The number of rotatable bonds is 7. The Morgan fingerprint density at radius 1 is 1.23 bits per heavy atom. The molecule has 1 atom stereocenters. The van der Waals surface area contributed by atoms with Crippen molar-refractivity contribution in [1.29, 1.82) is 5.26 Å². The van der Waals surface area contributed by atoms with Gasteiger partial charge in [0, 0.05) is 49.4 Å². The zero-order valence-electron chi connectivity index (χ0n) is 21.2. The molecule has 11 heteroatoms. The number of hydrogen-bond donors (Lipinski definition) is 2. The van der Waals surface area contributed by atoms with Crippen molar-refractivity contribution in [2.45, 2.75) is 18.9 Å². The summed E-state index contributed by atoms with van der Waals surface area (Å²) in [5.74, 6) is 0.847. The highest BCUT2D eigenvalue weighted by atomic mass is 16.5. The minimum absolute atomic E-state index is 0.0972. The third kappa shape index (κ3) is 5.18. The molecule has 0 bridgehead atoms. The van der Waals surface area contributed by atoms with Crippen molar-refractivity contribution in [2.75, 3.05) is 31.3 Å². The normalized spacial score (nSPS) is 15.1. The maximum atomic E-state index is 12.9. The number of benzene rings is 1. The van der Waals surface area contributed by atoms with Gasteiger partial charge in [-0.15, -0.1) is 0 Å². The standard InChI is InChI=1S/C28H26N8O3/c1-39-15-3-5-23(37)35-13-2-4-21(35)27-34-24(25-26(30)32-12-14-36(25)27)19-6-8-20(9-7-19)28(38)33-22-16-18(17-29)10-11-31-22/h3,5-12,14,16,21H,2,4,13,15H2,1H3,(H2,30,32)(H,31,33,38)/t21-/m0/s1. The number of imidazole rings is 1. The van der Waals surface area contributed by atoms with Crippen LogP contribution in [0.2, 0.25) is 0 Å². The van der Waals surface area contributed by atoms with E-state index >= 15 is 0 Å². The third-order valence-electron chi connectivity index (χ3n) is 6.52. The first kappa shape index (κ1) is 25.6. The molecule has 11 nitrogen and oxygen atoms in total. The van der Waals surface area contributed by atoms with Gasteiger partial charge < -0.3 is 20.7 Å². The largest absolute Gasteiger partial charge is 0.382 e. The van der Waals surface area contributed by atoms with Gasteiger partial charge in [0.05, 0.1) is 24.3 Å². The molecule has 0 saturated carbocycles. The van der Waals surface area contributed by atoms with Gasteiger partial charge in [0.1, 0.15) is 28.7 Å². The SMILES string of the molecule is COCC=CC(=O)N1CCC[C@H]1c1nc(-c2ccc(C(=O)Nc3cc(C#N)ccn3)cc2)c2c(N)nccn12. The fourth-order valence-corrected chi connectivity index (χ4v) is 4.70. The molecule has 3 N–H and O–H groups in total. The predicted octanol–water partition coefficient (Wildman–Crippen LogP) is 3.36. The number of amides is 2. The van der Waals surface area contributed by atoms with E-state index in [4.69, 9.17) is 20.7 Å². The minimum Gasteiger partial charge on any atom is -0.382 e. The summed E-state index contributed by atoms with van der Waals surface area (Å²) in [6.45, 7) is 0.987. The maximum Gasteiger partial charge on any atom is 0.256 e. The Kier molecular flexibility index (Phi) is 7.29. The van der Waals surface area contributed by atoms with Crippen LogP contribution in [-0.4, -0.2) is 56.3 Å². The Morgan fingerprint density at radius 2 is 2.05 bits per heavy atom. The highest BCUT2D eigenvalue weighted by Crippen LogP contribution is 2.36. The molecule has 196 valence electrons. The van der Waals surface area contributed by atoms with E-state index in [1.807, 2.05) is 15.4 Å². The van der Waals surface area contributed by atoms with E-state index in [2.05, 4.69) is 15.3 Å². The Labute approximate surface area is 224 Å². The lowest BCUT2D eigenvalue weighted by Crippen LogP contribution is -2.30. The number of carbonyl (C=O) groups excluding carboxylic acids is 2. The van der Waals surface area contributed by atoms with E-state index in [-0.39, 0.29) is 17.9 Å². The number of nitriles is 1. The lowest BCUT2D eigenvalue weighted by atomic mass is 10.1. The second kappa shape index (κ2) is 11.1. The number of methoxy groups -OCH3 is 1. The summed E-state index contributed by atoms with van der Waals surface area (Å²) in [5, 5.41) is 11.8. The number of pyridine rings is 1. The van der Waals surface area contributed by atoms with Crippen molar-refractivity contribution in [2.24, 2.45) is 0 Å². The van der Waals surface area contributed by atoms with Crippen LogP contribution in [-0.2, 0) is 9.53 Å². The molecule has 4 aromatic rings. The van der Waals surface area contributed by atoms with E-state index in [9.17, 15) is 9.59 Å². The van der Waals surface area contributed by atoms with Crippen LogP contribution in [0, 0.1) is 11.3 Å². The molecule has 4 heterocycles. The van der Waals surface area contributed by atoms with Crippen LogP contribution in [0.25, 0.3) is 16.8 Å². The zero-order chi connectivity index (χ0) is 27.4. The molecule has 0 aliphatic carbocycles. The molecule has 1 fully saturated rings. The smallest absolute Gasteiger partial charge is 0.256 e. The highest BCUT2D eigenvalue weighted by molar-refractivity contribution is 6.04. The second-order valence-corrected chi connectivity index (χ2v) is 8.97. The van der Waals surface area contributed by atoms with Crippen molar-refractivity contribution in [3.05, 3.63) is 84.1 Å². The fraction of sp³-hybridized carbons (Fsp3) is 0.214. The summed E-state index contributed by atoms with van der Waals surface area (Å²) in [6.07, 6.45) is 9.72. The Morgan fingerprint density at radius 3 is 2.82 bits per heavy atom. The molecule has 39 heavy (non-hydrogen) atoms. The van der Waals surface area contributed by atoms with Crippen LogP contribution in [0.15, 0.2) is 67.1 Å². The quantitative estimate of drug-likeness (QED) is 0.351. The summed E-state index contributed by atoms with van der Waals surface area (Å²) < 4.78 is 6.91. The molecule has 2 amide bonds. The van der Waals surface area contributed by atoms with Crippen molar-refractivity contribution in [1.82, 2.24) is 24.3 Å². The highest BCUT2D eigenvalue weighted by Gasteiger charge is 2.33. The van der Waals surface area contributed by atoms with Gasteiger partial charge in [-0.05, 0) is 37.1 Å². The van der Waals surface area contributed by atoms with Gasteiger partial charge in [-0.25, -0.2) is 15.0 Å². The predicted molar refractivity (Wildman–Crippen MR) is 144 cm³/mol. The topological polar surface area (TPSA) is 152 Å². The number of aromatic nitrogens is 4. The van der Waals surface area contributed by atoms with Crippen molar-refractivity contribution >= 4 is 29.0 Å². The zero-order valence-corrected chi connectivity index (χ0v) is 21.2. The number of nitrogens with zero attached hydrogens (tertiary/aromatic N) is 6. The number of hydrogen-bond acceptors (Lipinski definition) is 8. The summed E-state index contributed by atoms with van der Waals surface area (Å²) >= 11 is 0. The monoisotopic (exact) mass is 522 g/mol. The van der Waals surface area contributed by atoms with E-state index in [1.165, 1.54) is 18.3 Å². The number of nitrogens with one attached hydrogen (secondary N) is 1. The van der Waals surface area contributed by atoms with Gasteiger partial charge in [0.25, 0.3) is 5.91 Å². The first-order valence-corrected chi connectivity index (χ1v) is 12.4. The number of fused-ring (bicyclic) bond motifs is 1. The molecular weight excluding hydrogens is 496 g/mol. The number of nitrogens with two attached hydrogens (primary N) is 1. The van der Waals surface area contributed by atoms with Gasteiger partial charge in [0.2, 0.25) is 5.91 Å². The second-order valence-electron chi connectivity index (χ2n) is 8.97. The summed E-state index contributed by atoms with van der Waals surface area (Å²) in [5.41, 5.74) is 9.10.